The molecule has 0 fully saturated rings. The normalized spacial score (nSPS) is 10.3. The van der Waals surface area contributed by atoms with Gasteiger partial charge in [0.1, 0.15) is 17.3 Å². The average molecular weight is 272 g/mol. The fraction of sp³-hybridized carbons (Fsp3) is 0.235. The summed E-state index contributed by atoms with van der Waals surface area (Å²) < 4.78 is 19.0. The van der Waals surface area contributed by atoms with Gasteiger partial charge in [0.25, 0.3) is 0 Å². The number of aryl methyl sites for hydroxylation is 1. The molecule has 0 aliphatic heterocycles. The minimum absolute atomic E-state index is 0.158. The third-order valence-electron chi connectivity index (χ3n) is 3.18. The molecule has 2 aromatic rings. The molecule has 0 saturated carbocycles. The molecule has 20 heavy (non-hydrogen) atoms. The van der Waals surface area contributed by atoms with Gasteiger partial charge in [0.15, 0.2) is 0 Å². The number of carbonyl (C=O) groups is 1. The molecule has 104 valence electrons. The van der Waals surface area contributed by atoms with Crippen LogP contribution in [0.1, 0.15) is 18.9 Å². The summed E-state index contributed by atoms with van der Waals surface area (Å²) in [5.41, 5.74) is 2.38. The Balaban J connectivity index is 2.28. The van der Waals surface area contributed by atoms with Crippen LogP contribution in [0.3, 0.4) is 0 Å². The lowest BCUT2D eigenvalue weighted by atomic mass is 10.00. The topological polar surface area (TPSA) is 26.3 Å². The van der Waals surface area contributed by atoms with E-state index in [2.05, 4.69) is 0 Å². The fourth-order valence-electron chi connectivity index (χ4n) is 2.07. The second-order valence-corrected chi connectivity index (χ2v) is 4.75. The Labute approximate surface area is 118 Å². The Morgan fingerprint density at radius 3 is 2.65 bits per heavy atom. The number of rotatable bonds is 5. The van der Waals surface area contributed by atoms with Crippen molar-refractivity contribution in [1.82, 2.24) is 0 Å². The van der Waals surface area contributed by atoms with Crippen molar-refractivity contribution in [2.45, 2.75) is 19.8 Å². The maximum absolute atomic E-state index is 14.0. The molecule has 0 amide bonds. The molecule has 0 aliphatic rings. The van der Waals surface area contributed by atoms with Crippen LogP contribution < -0.4 is 4.74 Å². The van der Waals surface area contributed by atoms with Gasteiger partial charge < -0.3 is 9.53 Å². The third kappa shape index (κ3) is 3.44. The minimum Gasteiger partial charge on any atom is -0.497 e. The Morgan fingerprint density at radius 2 is 2.00 bits per heavy atom. The minimum atomic E-state index is -0.312. The van der Waals surface area contributed by atoms with Gasteiger partial charge in [-0.05, 0) is 36.6 Å². The van der Waals surface area contributed by atoms with E-state index >= 15 is 0 Å². The molecule has 0 unspecified atom stereocenters. The Morgan fingerprint density at radius 1 is 1.20 bits per heavy atom. The van der Waals surface area contributed by atoms with Crippen LogP contribution in [-0.4, -0.2) is 12.9 Å². The lowest BCUT2D eigenvalue weighted by Crippen LogP contribution is -1.94. The van der Waals surface area contributed by atoms with Crippen LogP contribution in [0.25, 0.3) is 11.1 Å². The van der Waals surface area contributed by atoms with Gasteiger partial charge in [-0.1, -0.05) is 24.3 Å². The van der Waals surface area contributed by atoms with Crippen LogP contribution in [0.2, 0.25) is 0 Å². The zero-order chi connectivity index (χ0) is 14.5. The molecule has 3 heteroatoms. The van der Waals surface area contributed by atoms with Gasteiger partial charge >= 0.3 is 0 Å². The number of methoxy groups -OCH3 is 1. The highest BCUT2D eigenvalue weighted by atomic mass is 19.1. The van der Waals surface area contributed by atoms with E-state index in [4.69, 9.17) is 4.74 Å². The molecule has 0 aliphatic carbocycles. The molecular weight excluding hydrogens is 255 g/mol. The van der Waals surface area contributed by atoms with Crippen molar-refractivity contribution in [2.75, 3.05) is 7.11 Å². The first-order valence-corrected chi connectivity index (χ1v) is 6.52. The van der Waals surface area contributed by atoms with E-state index in [0.29, 0.717) is 24.2 Å². The van der Waals surface area contributed by atoms with Gasteiger partial charge in [-0.2, -0.15) is 0 Å². The standard InChI is InChI=1S/C17H17FO2/c1-12(19)6-7-13-4-3-5-14(10-13)16-9-8-15(20-2)11-17(16)18/h3-5,8-11H,6-7H2,1-2H3. The monoisotopic (exact) mass is 272 g/mol. The first-order chi connectivity index (χ1) is 9.60. The molecule has 2 nitrogen and oxygen atoms in total. The quantitative estimate of drug-likeness (QED) is 0.821. The number of carbonyl (C=O) groups excluding carboxylic acids is 1. The molecule has 0 aromatic heterocycles. The average Bonchev–Trinajstić information content (AvgIpc) is 2.45. The highest BCUT2D eigenvalue weighted by Gasteiger charge is 2.07. The first kappa shape index (κ1) is 14.3. The number of halogens is 1. The Kier molecular flexibility index (Phi) is 4.51. The molecule has 2 rings (SSSR count). The maximum Gasteiger partial charge on any atom is 0.134 e. The number of Topliss-reactive ketones (excluding diaryl/α,β-unsaturated/α-hetero) is 1. The Bertz CT molecular complexity index is 620. The van der Waals surface area contributed by atoms with E-state index in [9.17, 15) is 9.18 Å². The predicted molar refractivity (Wildman–Crippen MR) is 77.4 cm³/mol. The second-order valence-electron chi connectivity index (χ2n) is 4.75. The van der Waals surface area contributed by atoms with E-state index < -0.39 is 0 Å². The van der Waals surface area contributed by atoms with Gasteiger partial charge in [-0.15, -0.1) is 0 Å². The molecular formula is C17H17FO2. The number of hydrogen-bond donors (Lipinski definition) is 0. The molecule has 0 radical (unpaired) electrons. The van der Waals surface area contributed by atoms with Crippen molar-refractivity contribution in [3.8, 4) is 16.9 Å². The van der Waals surface area contributed by atoms with Gasteiger partial charge in [-0.25, -0.2) is 4.39 Å². The smallest absolute Gasteiger partial charge is 0.134 e. The van der Waals surface area contributed by atoms with E-state index in [1.54, 1.807) is 19.1 Å². The van der Waals surface area contributed by atoms with Gasteiger partial charge in [0.05, 0.1) is 7.11 Å². The summed E-state index contributed by atoms with van der Waals surface area (Å²) >= 11 is 0. The molecule has 2 aromatic carbocycles. The van der Waals surface area contributed by atoms with Crippen molar-refractivity contribution in [3.05, 3.63) is 53.8 Å². The van der Waals surface area contributed by atoms with Crippen LogP contribution >= 0.6 is 0 Å². The lowest BCUT2D eigenvalue weighted by molar-refractivity contribution is -0.116. The number of hydrogen-bond acceptors (Lipinski definition) is 2. The van der Waals surface area contributed by atoms with E-state index in [0.717, 1.165) is 11.1 Å². The number of ketones is 1. The molecule has 0 bridgehead atoms. The SMILES string of the molecule is COc1ccc(-c2cccc(CCC(C)=O)c2)c(F)c1. The highest BCUT2D eigenvalue weighted by molar-refractivity contribution is 5.75. The van der Waals surface area contributed by atoms with Crippen molar-refractivity contribution in [3.63, 3.8) is 0 Å². The lowest BCUT2D eigenvalue weighted by Gasteiger charge is -2.08. The van der Waals surface area contributed by atoms with Crippen molar-refractivity contribution < 1.29 is 13.9 Å². The van der Waals surface area contributed by atoms with E-state index in [1.165, 1.54) is 13.2 Å². The summed E-state index contributed by atoms with van der Waals surface area (Å²) in [6, 6.07) is 12.4. The van der Waals surface area contributed by atoms with Crippen LogP contribution in [0.15, 0.2) is 42.5 Å². The summed E-state index contributed by atoms with van der Waals surface area (Å²) in [5.74, 6) is 0.345. The summed E-state index contributed by atoms with van der Waals surface area (Å²) in [4.78, 5) is 11.0. The third-order valence-corrected chi connectivity index (χ3v) is 3.18. The number of benzene rings is 2. The van der Waals surface area contributed by atoms with Gasteiger partial charge in [0.2, 0.25) is 0 Å². The van der Waals surface area contributed by atoms with Gasteiger partial charge in [-0.3, -0.25) is 0 Å². The summed E-state index contributed by atoms with van der Waals surface area (Å²) in [5, 5.41) is 0. The highest BCUT2D eigenvalue weighted by Crippen LogP contribution is 2.27. The zero-order valence-electron chi connectivity index (χ0n) is 11.7. The fourth-order valence-corrected chi connectivity index (χ4v) is 2.07. The predicted octanol–water partition coefficient (Wildman–Crippen LogP) is 4.02. The van der Waals surface area contributed by atoms with E-state index in [-0.39, 0.29) is 11.6 Å². The Hall–Kier alpha value is -2.16. The van der Waals surface area contributed by atoms with Crippen LogP contribution in [0.5, 0.6) is 5.75 Å². The first-order valence-electron chi connectivity index (χ1n) is 6.52. The van der Waals surface area contributed by atoms with Gasteiger partial charge in [0, 0.05) is 18.1 Å². The summed E-state index contributed by atoms with van der Waals surface area (Å²) in [6.45, 7) is 1.58. The molecule has 0 N–H and O–H groups in total. The largest absolute Gasteiger partial charge is 0.497 e. The van der Waals surface area contributed by atoms with Crippen molar-refractivity contribution >= 4 is 5.78 Å². The van der Waals surface area contributed by atoms with Crippen molar-refractivity contribution in [1.29, 1.82) is 0 Å². The van der Waals surface area contributed by atoms with E-state index in [1.807, 2.05) is 24.3 Å². The second kappa shape index (κ2) is 6.33. The molecule has 0 saturated heterocycles. The van der Waals surface area contributed by atoms with Crippen LogP contribution in [0.4, 0.5) is 4.39 Å². The van der Waals surface area contributed by atoms with Crippen LogP contribution in [-0.2, 0) is 11.2 Å². The maximum atomic E-state index is 14.0. The summed E-state index contributed by atoms with van der Waals surface area (Å²) in [6.07, 6.45) is 1.19. The van der Waals surface area contributed by atoms with Crippen LogP contribution in [0, 0.1) is 5.82 Å². The van der Waals surface area contributed by atoms with Crippen molar-refractivity contribution in [2.24, 2.45) is 0 Å². The molecule has 0 atom stereocenters. The zero-order valence-corrected chi connectivity index (χ0v) is 11.7. The summed E-state index contributed by atoms with van der Waals surface area (Å²) in [7, 11) is 1.51. The number of ether oxygens (including phenoxy) is 1. The molecule has 0 heterocycles. The molecule has 0 spiro atoms.